The lowest BCUT2D eigenvalue weighted by atomic mass is 10.3. The maximum Gasteiger partial charge on any atom is 0.216 e. The van der Waals surface area contributed by atoms with Crippen molar-refractivity contribution in [2.45, 2.75) is 16.9 Å². The van der Waals surface area contributed by atoms with Crippen LogP contribution < -0.4 is 4.74 Å². The Morgan fingerprint density at radius 2 is 2.10 bits per heavy atom. The SMILES string of the molecule is O=Cc1ccc(Sc2n[nH]c(COc3ccccc3)n2)o1. The summed E-state index contributed by atoms with van der Waals surface area (Å²) in [6.45, 7) is 0.301. The van der Waals surface area contributed by atoms with Gasteiger partial charge in [-0.3, -0.25) is 9.89 Å². The van der Waals surface area contributed by atoms with Crippen LogP contribution in [0, 0.1) is 0 Å². The third-order valence-electron chi connectivity index (χ3n) is 2.54. The average Bonchev–Trinajstić information content (AvgIpc) is 3.16. The molecule has 3 rings (SSSR count). The van der Waals surface area contributed by atoms with Crippen molar-refractivity contribution in [2.24, 2.45) is 0 Å². The van der Waals surface area contributed by atoms with E-state index < -0.39 is 0 Å². The summed E-state index contributed by atoms with van der Waals surface area (Å²) >= 11 is 1.23. The van der Waals surface area contributed by atoms with Crippen LogP contribution in [0.15, 0.2) is 57.1 Å². The number of carbonyl (C=O) groups excluding carboxylic acids is 1. The standard InChI is InChI=1S/C14H11N3O3S/c18-8-11-6-7-13(20-11)21-14-15-12(16-17-14)9-19-10-4-2-1-3-5-10/h1-8H,9H2,(H,15,16,17). The van der Waals surface area contributed by atoms with Gasteiger partial charge in [-0.2, -0.15) is 0 Å². The molecule has 3 aromatic rings. The van der Waals surface area contributed by atoms with E-state index in [9.17, 15) is 4.79 Å². The number of nitrogens with one attached hydrogen (secondary N) is 1. The molecule has 0 bridgehead atoms. The average molecular weight is 301 g/mol. The van der Waals surface area contributed by atoms with Gasteiger partial charge in [-0.15, -0.1) is 5.10 Å². The van der Waals surface area contributed by atoms with E-state index in [1.165, 1.54) is 11.8 Å². The van der Waals surface area contributed by atoms with Crippen LogP contribution >= 0.6 is 11.8 Å². The number of nitrogens with zero attached hydrogens (tertiary/aromatic N) is 2. The first kappa shape index (κ1) is 13.4. The van der Waals surface area contributed by atoms with Gasteiger partial charge in [-0.25, -0.2) is 4.98 Å². The molecule has 7 heteroatoms. The predicted molar refractivity (Wildman–Crippen MR) is 75.4 cm³/mol. The summed E-state index contributed by atoms with van der Waals surface area (Å²) in [7, 11) is 0. The van der Waals surface area contributed by atoms with Gasteiger partial charge in [0.1, 0.15) is 12.4 Å². The Balaban J connectivity index is 1.59. The minimum atomic E-state index is 0.278. The molecule has 0 amide bonds. The topological polar surface area (TPSA) is 81.0 Å². The molecule has 6 nitrogen and oxygen atoms in total. The predicted octanol–water partition coefficient (Wildman–Crippen LogP) is 2.94. The zero-order chi connectivity index (χ0) is 14.5. The highest BCUT2D eigenvalue weighted by molar-refractivity contribution is 7.99. The summed E-state index contributed by atoms with van der Waals surface area (Å²) in [6.07, 6.45) is 0.654. The molecule has 0 aliphatic rings. The number of ether oxygens (including phenoxy) is 1. The normalized spacial score (nSPS) is 10.5. The first-order valence-corrected chi connectivity index (χ1v) is 6.97. The Morgan fingerprint density at radius 3 is 2.86 bits per heavy atom. The Kier molecular flexibility index (Phi) is 4.02. The van der Waals surface area contributed by atoms with E-state index in [-0.39, 0.29) is 5.76 Å². The summed E-state index contributed by atoms with van der Waals surface area (Å²) in [5.41, 5.74) is 0. The van der Waals surface area contributed by atoms with Crippen molar-refractivity contribution in [3.63, 3.8) is 0 Å². The zero-order valence-corrected chi connectivity index (χ0v) is 11.7. The van der Waals surface area contributed by atoms with E-state index in [0.29, 0.717) is 29.0 Å². The number of benzene rings is 1. The first-order chi connectivity index (χ1) is 10.3. The lowest BCUT2D eigenvalue weighted by Crippen LogP contribution is -1.97. The van der Waals surface area contributed by atoms with Gasteiger partial charge in [0.2, 0.25) is 5.16 Å². The smallest absolute Gasteiger partial charge is 0.216 e. The molecule has 0 aliphatic heterocycles. The summed E-state index contributed by atoms with van der Waals surface area (Å²) in [6, 6.07) is 12.8. The van der Waals surface area contributed by atoms with E-state index in [1.807, 2.05) is 30.3 Å². The van der Waals surface area contributed by atoms with Gasteiger partial charge >= 0.3 is 0 Å². The summed E-state index contributed by atoms with van der Waals surface area (Å²) < 4.78 is 10.8. The summed E-state index contributed by atoms with van der Waals surface area (Å²) in [5, 5.41) is 7.93. The molecule has 0 saturated carbocycles. The van der Waals surface area contributed by atoms with Crippen LogP contribution in [-0.2, 0) is 6.61 Å². The second-order valence-electron chi connectivity index (χ2n) is 4.04. The molecule has 0 radical (unpaired) electrons. The molecule has 2 aromatic heterocycles. The molecule has 21 heavy (non-hydrogen) atoms. The van der Waals surface area contributed by atoms with Crippen LogP contribution in [0.5, 0.6) is 5.75 Å². The van der Waals surface area contributed by atoms with Gasteiger partial charge < -0.3 is 9.15 Å². The third-order valence-corrected chi connectivity index (χ3v) is 3.33. The number of H-pyrrole nitrogens is 1. The van der Waals surface area contributed by atoms with E-state index in [2.05, 4.69) is 15.2 Å². The second-order valence-corrected chi connectivity index (χ2v) is 5.01. The van der Waals surface area contributed by atoms with Crippen molar-refractivity contribution in [3.05, 3.63) is 54.0 Å². The van der Waals surface area contributed by atoms with Gasteiger partial charge in [-0.1, -0.05) is 18.2 Å². The first-order valence-electron chi connectivity index (χ1n) is 6.15. The molecule has 2 heterocycles. The van der Waals surface area contributed by atoms with E-state index in [0.717, 1.165) is 5.75 Å². The molecule has 1 N–H and O–H groups in total. The highest BCUT2D eigenvalue weighted by Gasteiger charge is 2.09. The molecular weight excluding hydrogens is 290 g/mol. The van der Waals surface area contributed by atoms with Crippen LogP contribution in [0.4, 0.5) is 0 Å². The highest BCUT2D eigenvalue weighted by Crippen LogP contribution is 2.26. The molecule has 0 spiro atoms. The summed E-state index contributed by atoms with van der Waals surface area (Å²) in [4.78, 5) is 14.8. The maximum absolute atomic E-state index is 10.5. The molecule has 0 aliphatic carbocycles. The highest BCUT2D eigenvalue weighted by atomic mass is 32.2. The lowest BCUT2D eigenvalue weighted by Gasteiger charge is -2.02. The van der Waals surface area contributed by atoms with Gasteiger partial charge in [0.05, 0.1) is 0 Å². The monoisotopic (exact) mass is 301 g/mol. The Labute approximate surface area is 124 Å². The van der Waals surface area contributed by atoms with E-state index >= 15 is 0 Å². The number of furan rings is 1. The molecule has 0 fully saturated rings. The maximum atomic E-state index is 10.5. The number of hydrogen-bond acceptors (Lipinski definition) is 6. The third kappa shape index (κ3) is 3.51. The number of hydrogen-bond donors (Lipinski definition) is 1. The van der Waals surface area contributed by atoms with Gasteiger partial charge in [0, 0.05) is 0 Å². The number of aromatic nitrogens is 3. The van der Waals surface area contributed by atoms with Crippen molar-refractivity contribution < 1.29 is 13.9 Å². The van der Waals surface area contributed by atoms with Crippen LogP contribution in [-0.4, -0.2) is 21.5 Å². The van der Waals surface area contributed by atoms with Crippen LogP contribution in [0.1, 0.15) is 16.4 Å². The van der Waals surface area contributed by atoms with Crippen molar-refractivity contribution in [1.29, 1.82) is 0 Å². The molecular formula is C14H11N3O3S. The number of para-hydroxylation sites is 1. The fraction of sp³-hybridized carbons (Fsp3) is 0.0714. The molecule has 106 valence electrons. The molecule has 0 saturated heterocycles. The van der Waals surface area contributed by atoms with Gasteiger partial charge in [0.25, 0.3) is 0 Å². The Morgan fingerprint density at radius 1 is 1.24 bits per heavy atom. The van der Waals surface area contributed by atoms with Gasteiger partial charge in [-0.05, 0) is 36.0 Å². The van der Waals surface area contributed by atoms with Crippen molar-refractivity contribution in [1.82, 2.24) is 15.2 Å². The number of aromatic amines is 1. The minimum absolute atomic E-state index is 0.278. The van der Waals surface area contributed by atoms with Crippen LogP contribution in [0.3, 0.4) is 0 Å². The quantitative estimate of drug-likeness (QED) is 0.705. The van der Waals surface area contributed by atoms with Crippen molar-refractivity contribution in [2.75, 3.05) is 0 Å². The summed E-state index contributed by atoms with van der Waals surface area (Å²) in [5.74, 6) is 1.66. The van der Waals surface area contributed by atoms with E-state index in [1.54, 1.807) is 12.1 Å². The molecule has 0 unspecified atom stereocenters. The number of rotatable bonds is 6. The number of aldehydes is 1. The minimum Gasteiger partial charge on any atom is -0.486 e. The van der Waals surface area contributed by atoms with Crippen LogP contribution in [0.2, 0.25) is 0 Å². The second kappa shape index (κ2) is 6.27. The fourth-order valence-corrected chi connectivity index (χ4v) is 2.30. The lowest BCUT2D eigenvalue weighted by molar-refractivity contribution is 0.109. The van der Waals surface area contributed by atoms with Crippen molar-refractivity contribution in [3.8, 4) is 5.75 Å². The van der Waals surface area contributed by atoms with Gasteiger partial charge in [0.15, 0.2) is 23.0 Å². The Hall–Kier alpha value is -2.54. The Bertz CT molecular complexity index is 724. The largest absolute Gasteiger partial charge is 0.486 e. The fourth-order valence-electron chi connectivity index (χ4n) is 1.60. The van der Waals surface area contributed by atoms with Crippen LogP contribution in [0.25, 0.3) is 0 Å². The number of carbonyl (C=O) groups is 1. The molecule has 0 atom stereocenters. The van der Waals surface area contributed by atoms with Crippen molar-refractivity contribution >= 4 is 18.0 Å². The van der Waals surface area contributed by atoms with E-state index in [4.69, 9.17) is 9.15 Å². The molecule has 1 aromatic carbocycles. The zero-order valence-electron chi connectivity index (χ0n) is 10.9.